The van der Waals surface area contributed by atoms with Crippen LogP contribution in [0.25, 0.3) is 88.0 Å². The Hall–Kier alpha value is -7.68. The highest BCUT2D eigenvalue weighted by Crippen LogP contribution is 2.42. The van der Waals surface area contributed by atoms with Gasteiger partial charge in [0.25, 0.3) is 0 Å². The third-order valence-electron chi connectivity index (χ3n) is 11.5. The molecule has 0 spiro atoms. The van der Waals surface area contributed by atoms with Crippen LogP contribution in [0.3, 0.4) is 0 Å². The Balaban J connectivity index is 1.02. The van der Waals surface area contributed by atoms with E-state index in [0.29, 0.717) is 0 Å². The Labute approximate surface area is 337 Å². The van der Waals surface area contributed by atoms with Crippen molar-refractivity contribution in [1.82, 2.24) is 0 Å². The van der Waals surface area contributed by atoms with Crippen LogP contribution >= 0.6 is 0 Å². The van der Waals surface area contributed by atoms with Gasteiger partial charge in [0.05, 0.1) is 0 Å². The molecule has 2 heteroatoms. The summed E-state index contributed by atoms with van der Waals surface area (Å²) >= 11 is 0. The van der Waals surface area contributed by atoms with Crippen LogP contribution in [0, 0.1) is 0 Å². The van der Waals surface area contributed by atoms with Gasteiger partial charge in [-0.1, -0.05) is 170 Å². The first-order valence-corrected chi connectivity index (χ1v) is 19.8. The molecule has 0 aliphatic carbocycles. The lowest BCUT2D eigenvalue weighted by Crippen LogP contribution is -2.09. The predicted octanol–water partition coefficient (Wildman–Crippen LogP) is 16.0. The lowest BCUT2D eigenvalue weighted by atomic mass is 9.90. The average molecular weight is 740 g/mol. The molecule has 0 bridgehead atoms. The molecule has 11 rings (SSSR count). The van der Waals surface area contributed by atoms with E-state index in [1.54, 1.807) is 0 Å². The highest BCUT2D eigenvalue weighted by atomic mass is 16.3. The number of furan rings is 1. The molecule has 1 heterocycles. The quantitative estimate of drug-likeness (QED) is 0.162. The predicted molar refractivity (Wildman–Crippen MR) is 245 cm³/mol. The van der Waals surface area contributed by atoms with E-state index in [0.717, 1.165) is 44.4 Å². The highest BCUT2D eigenvalue weighted by molar-refractivity contribution is 6.17. The van der Waals surface area contributed by atoms with Gasteiger partial charge in [0, 0.05) is 33.2 Å². The van der Waals surface area contributed by atoms with Gasteiger partial charge in [0.1, 0.15) is 11.2 Å². The summed E-state index contributed by atoms with van der Waals surface area (Å²) in [5.41, 5.74) is 14.7. The van der Waals surface area contributed by atoms with Crippen LogP contribution in [0.15, 0.2) is 229 Å². The number of benzene rings is 10. The van der Waals surface area contributed by atoms with Crippen LogP contribution < -0.4 is 4.90 Å². The molecule has 0 saturated carbocycles. The SMILES string of the molecule is c1ccc(-c2ccc(N(c3ccc(-c4ccccc4)cc3)c3ccc4ccc(-c5ccccc5-c5cccc6c5ccc5c7ccccc7oc65)cc4c3)cc2)cc1. The molecular formula is C56H37NO. The Morgan fingerprint density at radius 2 is 0.776 bits per heavy atom. The minimum Gasteiger partial charge on any atom is -0.455 e. The van der Waals surface area contributed by atoms with Crippen molar-refractivity contribution in [2.24, 2.45) is 0 Å². The summed E-state index contributed by atoms with van der Waals surface area (Å²) in [7, 11) is 0. The maximum atomic E-state index is 6.46. The molecule has 0 amide bonds. The van der Waals surface area contributed by atoms with Gasteiger partial charge >= 0.3 is 0 Å². The molecule has 0 unspecified atom stereocenters. The van der Waals surface area contributed by atoms with Crippen LogP contribution in [0.2, 0.25) is 0 Å². The topological polar surface area (TPSA) is 16.4 Å². The van der Waals surface area contributed by atoms with Crippen LogP contribution in [-0.2, 0) is 0 Å². The molecule has 0 saturated heterocycles. The highest BCUT2D eigenvalue weighted by Gasteiger charge is 2.17. The Morgan fingerprint density at radius 1 is 0.276 bits per heavy atom. The van der Waals surface area contributed by atoms with Crippen molar-refractivity contribution in [3.05, 3.63) is 224 Å². The first-order valence-electron chi connectivity index (χ1n) is 19.8. The van der Waals surface area contributed by atoms with Crippen molar-refractivity contribution in [3.8, 4) is 44.5 Å². The Kier molecular flexibility index (Phi) is 8.19. The fraction of sp³-hybridized carbons (Fsp3) is 0. The zero-order valence-electron chi connectivity index (χ0n) is 31.7. The molecule has 58 heavy (non-hydrogen) atoms. The number of para-hydroxylation sites is 1. The lowest BCUT2D eigenvalue weighted by molar-refractivity contribution is 0.672. The van der Waals surface area contributed by atoms with Gasteiger partial charge in [0.2, 0.25) is 0 Å². The van der Waals surface area contributed by atoms with Gasteiger partial charge < -0.3 is 9.32 Å². The fourth-order valence-corrected chi connectivity index (χ4v) is 8.60. The van der Waals surface area contributed by atoms with E-state index in [9.17, 15) is 0 Å². The van der Waals surface area contributed by atoms with Gasteiger partial charge in [-0.2, -0.15) is 0 Å². The minimum absolute atomic E-state index is 0.915. The van der Waals surface area contributed by atoms with Gasteiger partial charge in [-0.25, -0.2) is 0 Å². The van der Waals surface area contributed by atoms with Gasteiger partial charge in [-0.3, -0.25) is 0 Å². The zero-order chi connectivity index (χ0) is 38.4. The van der Waals surface area contributed by atoms with Crippen LogP contribution in [0.5, 0.6) is 0 Å². The van der Waals surface area contributed by atoms with Crippen molar-refractivity contribution in [3.63, 3.8) is 0 Å². The molecule has 0 fully saturated rings. The fourth-order valence-electron chi connectivity index (χ4n) is 8.60. The van der Waals surface area contributed by atoms with E-state index in [1.807, 2.05) is 12.1 Å². The Bertz CT molecular complexity index is 3170. The Morgan fingerprint density at radius 3 is 1.48 bits per heavy atom. The van der Waals surface area contributed by atoms with Crippen molar-refractivity contribution >= 4 is 60.5 Å². The van der Waals surface area contributed by atoms with E-state index in [-0.39, 0.29) is 0 Å². The van der Waals surface area contributed by atoms with Gasteiger partial charge in [-0.05, 0) is 115 Å². The van der Waals surface area contributed by atoms with E-state index < -0.39 is 0 Å². The maximum absolute atomic E-state index is 6.46. The van der Waals surface area contributed by atoms with Crippen molar-refractivity contribution in [1.29, 1.82) is 0 Å². The number of rotatable bonds is 7. The van der Waals surface area contributed by atoms with Crippen molar-refractivity contribution in [2.75, 3.05) is 4.90 Å². The number of anilines is 3. The number of hydrogen-bond donors (Lipinski definition) is 0. The second-order valence-corrected chi connectivity index (χ2v) is 14.9. The van der Waals surface area contributed by atoms with Crippen molar-refractivity contribution in [2.45, 2.75) is 0 Å². The third-order valence-corrected chi connectivity index (χ3v) is 11.5. The summed E-state index contributed by atoms with van der Waals surface area (Å²) < 4.78 is 6.46. The van der Waals surface area contributed by atoms with Crippen LogP contribution in [0.4, 0.5) is 17.1 Å². The van der Waals surface area contributed by atoms with E-state index in [1.165, 1.54) is 60.7 Å². The third kappa shape index (κ3) is 5.91. The molecule has 0 aliphatic rings. The molecule has 0 atom stereocenters. The second-order valence-electron chi connectivity index (χ2n) is 14.9. The summed E-state index contributed by atoms with van der Waals surface area (Å²) in [4.78, 5) is 2.36. The summed E-state index contributed by atoms with van der Waals surface area (Å²) in [6, 6.07) is 80.7. The number of hydrogen-bond acceptors (Lipinski definition) is 2. The monoisotopic (exact) mass is 739 g/mol. The second kappa shape index (κ2) is 14.1. The molecule has 11 aromatic rings. The molecular weight excluding hydrogens is 703 g/mol. The van der Waals surface area contributed by atoms with Gasteiger partial charge in [-0.15, -0.1) is 0 Å². The van der Waals surface area contributed by atoms with Crippen molar-refractivity contribution < 1.29 is 4.42 Å². The molecule has 2 nitrogen and oxygen atoms in total. The van der Waals surface area contributed by atoms with E-state index >= 15 is 0 Å². The molecule has 272 valence electrons. The largest absolute Gasteiger partial charge is 0.455 e. The number of fused-ring (bicyclic) bond motifs is 6. The first-order chi connectivity index (χ1) is 28.7. The van der Waals surface area contributed by atoms with Crippen LogP contribution in [0.1, 0.15) is 0 Å². The molecule has 10 aromatic carbocycles. The van der Waals surface area contributed by atoms with E-state index in [4.69, 9.17) is 4.42 Å². The molecule has 1 aromatic heterocycles. The number of nitrogens with zero attached hydrogens (tertiary/aromatic N) is 1. The standard InChI is InChI=1S/C56H37NO/c1-3-12-38(13-4-1)40-24-29-45(30-25-40)57(46-31-26-41(27-32-46)39-14-5-2-6-15-39)47-33-28-42-22-23-43(36-44(42)37-47)48-16-7-8-17-49(48)50-19-11-20-53-51(50)34-35-54-52-18-9-10-21-55(52)58-56(53)54/h1-37H. The minimum atomic E-state index is 0.915. The molecule has 0 N–H and O–H groups in total. The molecule has 0 aliphatic heterocycles. The smallest absolute Gasteiger partial charge is 0.143 e. The summed E-state index contributed by atoms with van der Waals surface area (Å²) in [6.07, 6.45) is 0. The zero-order valence-corrected chi connectivity index (χ0v) is 31.7. The lowest BCUT2D eigenvalue weighted by Gasteiger charge is -2.26. The molecule has 0 radical (unpaired) electrons. The summed E-state index contributed by atoms with van der Waals surface area (Å²) in [5, 5.41) is 6.97. The first kappa shape index (κ1) is 33.6. The van der Waals surface area contributed by atoms with Gasteiger partial charge in [0.15, 0.2) is 0 Å². The average Bonchev–Trinajstić information content (AvgIpc) is 3.69. The maximum Gasteiger partial charge on any atom is 0.143 e. The summed E-state index contributed by atoms with van der Waals surface area (Å²) in [5.74, 6) is 0. The van der Waals surface area contributed by atoms with Crippen LogP contribution in [-0.4, -0.2) is 0 Å². The normalized spacial score (nSPS) is 11.4. The summed E-state index contributed by atoms with van der Waals surface area (Å²) in [6.45, 7) is 0. The van der Waals surface area contributed by atoms with E-state index in [2.05, 4.69) is 217 Å².